The predicted molar refractivity (Wildman–Crippen MR) is 147 cm³/mol. The van der Waals surface area contributed by atoms with Crippen molar-refractivity contribution in [2.24, 2.45) is 22.2 Å². The van der Waals surface area contributed by atoms with Crippen LogP contribution in [0.3, 0.4) is 0 Å². The van der Waals surface area contributed by atoms with Crippen molar-refractivity contribution in [2.45, 2.75) is 43.8 Å². The fraction of sp³-hybridized carbons (Fsp3) is 0.458. The molecule has 0 saturated heterocycles. The van der Waals surface area contributed by atoms with Gasteiger partial charge in [0, 0.05) is 30.1 Å². The van der Waals surface area contributed by atoms with Crippen LogP contribution in [0.4, 0.5) is 0 Å². The van der Waals surface area contributed by atoms with E-state index in [1.165, 1.54) is 0 Å². The van der Waals surface area contributed by atoms with Gasteiger partial charge >= 0.3 is 5.97 Å². The van der Waals surface area contributed by atoms with Gasteiger partial charge in [-0.15, -0.1) is 0 Å². The molecule has 0 bridgehead atoms. The van der Waals surface area contributed by atoms with Gasteiger partial charge in [-0.25, -0.2) is 4.79 Å². The summed E-state index contributed by atoms with van der Waals surface area (Å²) in [6.45, 7) is -0.232. The summed E-state index contributed by atoms with van der Waals surface area (Å²) in [6.07, 6.45) is 4.66. The normalized spacial score (nSPS) is 13.2. The van der Waals surface area contributed by atoms with E-state index in [0.29, 0.717) is 18.6 Å². The van der Waals surface area contributed by atoms with E-state index in [1.807, 2.05) is 30.5 Å². The highest BCUT2D eigenvalue weighted by Crippen LogP contribution is 2.19. The van der Waals surface area contributed by atoms with Crippen LogP contribution in [0.2, 0.25) is 0 Å². The Morgan fingerprint density at radius 3 is 2.50 bits per heavy atom. The first-order chi connectivity index (χ1) is 18.1. The van der Waals surface area contributed by atoms with Crippen molar-refractivity contribution in [3.8, 4) is 0 Å². The Bertz CT molecular complexity index is 1130. The quantitative estimate of drug-likeness (QED) is 0.0730. The molecule has 13 nitrogen and oxygen atoms in total. The summed E-state index contributed by atoms with van der Waals surface area (Å²) >= 11 is 1.55. The molecule has 3 unspecified atom stereocenters. The van der Waals surface area contributed by atoms with Crippen molar-refractivity contribution in [3.63, 3.8) is 0 Å². The molecule has 0 aliphatic carbocycles. The maximum absolute atomic E-state index is 12.8. The molecular weight excluding hydrogens is 512 g/mol. The summed E-state index contributed by atoms with van der Waals surface area (Å²) in [6, 6.07) is 4.44. The lowest BCUT2D eigenvalue weighted by Crippen LogP contribution is -2.53. The minimum atomic E-state index is -1.21. The number of thioether (sulfide) groups is 1. The molecule has 0 aliphatic rings. The van der Waals surface area contributed by atoms with Crippen molar-refractivity contribution < 1.29 is 24.3 Å². The van der Waals surface area contributed by atoms with Crippen LogP contribution in [0.5, 0.6) is 0 Å². The number of para-hydroxylation sites is 1. The molecule has 2 aromatic rings. The number of carboxylic acids is 1. The van der Waals surface area contributed by atoms with Crippen molar-refractivity contribution in [1.29, 1.82) is 0 Å². The second-order valence-corrected chi connectivity index (χ2v) is 9.62. The largest absolute Gasteiger partial charge is 0.480 e. The van der Waals surface area contributed by atoms with Gasteiger partial charge in [-0.1, -0.05) is 18.2 Å². The van der Waals surface area contributed by atoms with E-state index < -0.39 is 48.4 Å². The van der Waals surface area contributed by atoms with E-state index in [-0.39, 0.29) is 25.3 Å². The molecule has 0 aliphatic heterocycles. The maximum Gasteiger partial charge on any atom is 0.326 e. The van der Waals surface area contributed by atoms with E-state index >= 15 is 0 Å². The molecule has 0 spiro atoms. The van der Waals surface area contributed by atoms with Crippen molar-refractivity contribution in [1.82, 2.24) is 20.9 Å². The number of carbonyl (C=O) groups is 4. The Morgan fingerprint density at radius 1 is 1.08 bits per heavy atom. The first-order valence-corrected chi connectivity index (χ1v) is 13.5. The highest BCUT2D eigenvalue weighted by atomic mass is 32.2. The number of amides is 3. The smallest absolute Gasteiger partial charge is 0.326 e. The minimum absolute atomic E-state index is 0.0520. The van der Waals surface area contributed by atoms with Crippen LogP contribution in [0.25, 0.3) is 10.9 Å². The van der Waals surface area contributed by atoms with E-state index in [0.717, 1.165) is 16.5 Å². The first kappa shape index (κ1) is 30.4. The summed E-state index contributed by atoms with van der Waals surface area (Å²) < 4.78 is 0. The van der Waals surface area contributed by atoms with Crippen molar-refractivity contribution in [2.75, 3.05) is 25.1 Å². The fourth-order valence-corrected chi connectivity index (χ4v) is 4.17. The fourth-order valence-electron chi connectivity index (χ4n) is 3.68. The molecule has 1 aromatic carbocycles. The third-order valence-electron chi connectivity index (χ3n) is 5.70. The van der Waals surface area contributed by atoms with Gasteiger partial charge in [0.1, 0.15) is 12.1 Å². The number of aromatic amines is 1. The van der Waals surface area contributed by atoms with Crippen LogP contribution in [0, 0.1) is 0 Å². The number of fused-ring (bicyclic) bond motifs is 1. The highest BCUT2D eigenvalue weighted by Gasteiger charge is 2.25. The Hall–Kier alpha value is -3.78. The maximum atomic E-state index is 12.8. The topological polar surface area (TPSA) is 231 Å². The van der Waals surface area contributed by atoms with Gasteiger partial charge in [-0.05, 0) is 42.9 Å². The van der Waals surface area contributed by atoms with E-state index in [9.17, 15) is 24.3 Å². The molecule has 0 saturated carbocycles. The number of hydrogen-bond acceptors (Lipinski definition) is 7. The Labute approximate surface area is 224 Å². The molecule has 208 valence electrons. The first-order valence-electron chi connectivity index (χ1n) is 12.1. The summed E-state index contributed by atoms with van der Waals surface area (Å²) in [5, 5.41) is 18.0. The number of benzene rings is 1. The van der Waals surface area contributed by atoms with Crippen LogP contribution in [0.1, 0.15) is 24.8 Å². The number of carboxylic acid groups (broad SMARTS) is 1. The van der Waals surface area contributed by atoms with Crippen LogP contribution in [-0.2, 0) is 25.6 Å². The number of aromatic nitrogens is 1. The molecule has 1 aromatic heterocycles. The molecule has 3 atom stereocenters. The Morgan fingerprint density at radius 2 is 1.82 bits per heavy atom. The monoisotopic (exact) mass is 548 g/mol. The number of guanidine groups is 1. The predicted octanol–water partition coefficient (Wildman–Crippen LogP) is -0.985. The molecule has 1 heterocycles. The number of aliphatic imine (C=N–C) groups is 1. The number of H-pyrrole nitrogens is 1. The highest BCUT2D eigenvalue weighted by molar-refractivity contribution is 7.98. The van der Waals surface area contributed by atoms with Gasteiger partial charge in [0.05, 0.1) is 12.6 Å². The zero-order chi connectivity index (χ0) is 28.1. The van der Waals surface area contributed by atoms with Crippen LogP contribution in [-0.4, -0.2) is 83.0 Å². The minimum Gasteiger partial charge on any atom is -0.480 e. The number of nitrogens with two attached hydrogens (primary N) is 3. The molecule has 3 amide bonds. The lowest BCUT2D eigenvalue weighted by Gasteiger charge is -2.21. The lowest BCUT2D eigenvalue weighted by molar-refractivity contribution is -0.141. The van der Waals surface area contributed by atoms with Gasteiger partial charge in [-0.2, -0.15) is 11.8 Å². The number of aliphatic carboxylic acids is 1. The average Bonchev–Trinajstić information content (AvgIpc) is 3.29. The zero-order valence-electron chi connectivity index (χ0n) is 21.2. The third-order valence-corrected chi connectivity index (χ3v) is 6.35. The molecule has 2 rings (SSSR count). The molecule has 14 heteroatoms. The standard InChI is InChI=1S/C24H36N8O5S/c1-38-10-8-16(25)21(34)32-18(7-4-9-28-24(26)27)22(35)30-13-20(33)31-19(23(36)37)11-14-12-29-17-6-3-2-5-15(14)17/h2-3,5-6,12,16,18-19,29H,4,7-11,13,25H2,1H3,(H,30,35)(H,31,33)(H,32,34)(H,36,37)(H4,26,27,28). The van der Waals surface area contributed by atoms with E-state index in [4.69, 9.17) is 17.2 Å². The lowest BCUT2D eigenvalue weighted by atomic mass is 10.0. The summed E-state index contributed by atoms with van der Waals surface area (Å²) in [5.41, 5.74) is 18.1. The van der Waals surface area contributed by atoms with Gasteiger partial charge in [0.15, 0.2) is 5.96 Å². The van der Waals surface area contributed by atoms with E-state index in [2.05, 4.69) is 25.9 Å². The Balaban J connectivity index is 1.97. The zero-order valence-corrected chi connectivity index (χ0v) is 22.1. The molecular formula is C24H36N8O5S. The van der Waals surface area contributed by atoms with Crippen LogP contribution in [0.15, 0.2) is 35.5 Å². The van der Waals surface area contributed by atoms with Gasteiger partial charge in [0.2, 0.25) is 17.7 Å². The van der Waals surface area contributed by atoms with Gasteiger partial charge < -0.3 is 43.2 Å². The van der Waals surface area contributed by atoms with Crippen LogP contribution >= 0.6 is 11.8 Å². The van der Waals surface area contributed by atoms with Gasteiger partial charge in [-0.3, -0.25) is 19.4 Å². The SMILES string of the molecule is CSCCC(N)C(=O)NC(CCCN=C(N)N)C(=O)NCC(=O)NC(Cc1c[nH]c2ccccc12)C(=O)O. The number of hydrogen-bond donors (Lipinski definition) is 8. The molecule has 11 N–H and O–H groups in total. The van der Waals surface area contributed by atoms with E-state index in [1.54, 1.807) is 18.0 Å². The number of carbonyl (C=O) groups excluding carboxylic acids is 3. The van der Waals surface area contributed by atoms with Crippen molar-refractivity contribution in [3.05, 3.63) is 36.0 Å². The second kappa shape index (κ2) is 15.5. The summed E-state index contributed by atoms with van der Waals surface area (Å²) in [5.74, 6) is -2.41. The Kier molecular flexibility index (Phi) is 12.4. The van der Waals surface area contributed by atoms with Gasteiger partial charge in [0.25, 0.3) is 0 Å². The number of rotatable bonds is 16. The number of nitrogens with one attached hydrogen (secondary N) is 4. The summed E-state index contributed by atoms with van der Waals surface area (Å²) in [7, 11) is 0. The molecule has 0 fully saturated rings. The second-order valence-electron chi connectivity index (χ2n) is 8.64. The third kappa shape index (κ3) is 9.94. The molecule has 38 heavy (non-hydrogen) atoms. The van der Waals surface area contributed by atoms with Crippen LogP contribution < -0.4 is 33.2 Å². The number of nitrogens with zero attached hydrogens (tertiary/aromatic N) is 1. The molecule has 0 radical (unpaired) electrons. The summed E-state index contributed by atoms with van der Waals surface area (Å²) in [4.78, 5) is 56.5. The van der Waals surface area contributed by atoms with Crippen molar-refractivity contribution >= 4 is 52.3 Å². The average molecular weight is 549 g/mol.